The highest BCUT2D eigenvalue weighted by Gasteiger charge is 2.17. The van der Waals surface area contributed by atoms with Crippen molar-refractivity contribution in [1.29, 1.82) is 0 Å². The van der Waals surface area contributed by atoms with Crippen molar-refractivity contribution in [3.8, 4) is 0 Å². The number of anilines is 1. The normalized spacial score (nSPS) is 11.1. The van der Waals surface area contributed by atoms with Crippen LogP contribution in [-0.4, -0.2) is 33.7 Å². The van der Waals surface area contributed by atoms with E-state index >= 15 is 0 Å². The standard InChI is InChI=1S/C17H19FN2O3S/c1-13-6-8-16(9-7-13)20(24(2,22)23)11-10-19-17(21)14-4-3-5-15(18)12-14/h3-9,12H,10-11H2,1-2H3,(H,19,21). The van der Waals surface area contributed by atoms with Gasteiger partial charge in [0.25, 0.3) is 5.91 Å². The Morgan fingerprint density at radius 3 is 2.42 bits per heavy atom. The molecule has 0 aliphatic heterocycles. The molecule has 5 nitrogen and oxygen atoms in total. The number of hydrogen-bond acceptors (Lipinski definition) is 3. The molecular formula is C17H19FN2O3S. The summed E-state index contributed by atoms with van der Waals surface area (Å²) in [6, 6.07) is 12.4. The van der Waals surface area contributed by atoms with Gasteiger partial charge in [0.1, 0.15) is 5.82 Å². The van der Waals surface area contributed by atoms with Crippen LogP contribution in [0.3, 0.4) is 0 Å². The first-order valence-corrected chi connectivity index (χ1v) is 9.20. The highest BCUT2D eigenvalue weighted by Crippen LogP contribution is 2.17. The number of aryl methyl sites for hydroxylation is 1. The van der Waals surface area contributed by atoms with Gasteiger partial charge in [0.2, 0.25) is 10.0 Å². The zero-order valence-electron chi connectivity index (χ0n) is 13.5. The zero-order valence-corrected chi connectivity index (χ0v) is 14.3. The van der Waals surface area contributed by atoms with Gasteiger partial charge in [0.15, 0.2) is 0 Å². The largest absolute Gasteiger partial charge is 0.350 e. The van der Waals surface area contributed by atoms with E-state index in [0.29, 0.717) is 5.69 Å². The van der Waals surface area contributed by atoms with Crippen LogP contribution >= 0.6 is 0 Å². The van der Waals surface area contributed by atoms with E-state index < -0.39 is 21.7 Å². The molecule has 0 aliphatic carbocycles. The minimum Gasteiger partial charge on any atom is -0.350 e. The van der Waals surface area contributed by atoms with Gasteiger partial charge in [-0.1, -0.05) is 23.8 Å². The summed E-state index contributed by atoms with van der Waals surface area (Å²) in [5.41, 5.74) is 1.74. The minimum atomic E-state index is -3.48. The van der Waals surface area contributed by atoms with Gasteiger partial charge in [-0.2, -0.15) is 0 Å². The van der Waals surface area contributed by atoms with Gasteiger partial charge in [-0.25, -0.2) is 12.8 Å². The molecule has 2 aromatic carbocycles. The van der Waals surface area contributed by atoms with Gasteiger partial charge in [-0.05, 0) is 37.3 Å². The number of carbonyl (C=O) groups excluding carboxylic acids is 1. The van der Waals surface area contributed by atoms with Gasteiger partial charge in [-0.15, -0.1) is 0 Å². The summed E-state index contributed by atoms with van der Waals surface area (Å²) < 4.78 is 38.3. The van der Waals surface area contributed by atoms with Crippen LogP contribution in [0.4, 0.5) is 10.1 Å². The second-order valence-electron chi connectivity index (χ2n) is 5.44. The molecule has 2 aromatic rings. The summed E-state index contributed by atoms with van der Waals surface area (Å²) in [7, 11) is -3.48. The third kappa shape index (κ3) is 4.79. The summed E-state index contributed by atoms with van der Waals surface area (Å²) in [6.07, 6.45) is 1.11. The molecule has 1 amide bonds. The molecule has 0 atom stereocenters. The van der Waals surface area contributed by atoms with Crippen LogP contribution in [0.25, 0.3) is 0 Å². The molecule has 0 aliphatic rings. The Morgan fingerprint density at radius 2 is 1.83 bits per heavy atom. The Bertz CT molecular complexity index is 820. The van der Waals surface area contributed by atoms with Gasteiger partial charge in [-0.3, -0.25) is 9.10 Å². The Labute approximate surface area is 141 Å². The second-order valence-corrected chi connectivity index (χ2v) is 7.34. The maximum atomic E-state index is 13.1. The topological polar surface area (TPSA) is 66.5 Å². The van der Waals surface area contributed by atoms with E-state index in [4.69, 9.17) is 0 Å². The van der Waals surface area contributed by atoms with Crippen molar-refractivity contribution in [2.24, 2.45) is 0 Å². The number of hydrogen-bond donors (Lipinski definition) is 1. The van der Waals surface area contributed by atoms with Gasteiger partial charge >= 0.3 is 0 Å². The molecule has 0 heterocycles. The molecule has 7 heteroatoms. The fraction of sp³-hybridized carbons (Fsp3) is 0.235. The predicted octanol–water partition coefficient (Wildman–Crippen LogP) is 2.33. The smallest absolute Gasteiger partial charge is 0.251 e. The number of sulfonamides is 1. The van der Waals surface area contributed by atoms with E-state index in [0.717, 1.165) is 17.9 Å². The van der Waals surface area contributed by atoms with Crippen molar-refractivity contribution in [1.82, 2.24) is 5.32 Å². The SMILES string of the molecule is Cc1ccc(N(CCNC(=O)c2cccc(F)c2)S(C)(=O)=O)cc1. The Morgan fingerprint density at radius 1 is 1.17 bits per heavy atom. The van der Waals surface area contributed by atoms with Crippen molar-refractivity contribution in [3.63, 3.8) is 0 Å². The Balaban J connectivity index is 2.04. The lowest BCUT2D eigenvalue weighted by Gasteiger charge is -2.22. The lowest BCUT2D eigenvalue weighted by atomic mass is 10.2. The average molecular weight is 350 g/mol. The van der Waals surface area contributed by atoms with Crippen molar-refractivity contribution < 1.29 is 17.6 Å². The lowest BCUT2D eigenvalue weighted by Crippen LogP contribution is -2.38. The maximum absolute atomic E-state index is 13.1. The van der Waals surface area contributed by atoms with E-state index in [1.807, 2.05) is 19.1 Å². The van der Waals surface area contributed by atoms with E-state index in [2.05, 4.69) is 5.32 Å². The number of nitrogens with one attached hydrogen (secondary N) is 1. The zero-order chi connectivity index (χ0) is 17.7. The number of halogens is 1. The van der Waals surface area contributed by atoms with Crippen LogP contribution < -0.4 is 9.62 Å². The monoisotopic (exact) mass is 350 g/mol. The van der Waals surface area contributed by atoms with Crippen molar-refractivity contribution in [3.05, 3.63) is 65.5 Å². The molecule has 128 valence electrons. The summed E-state index contributed by atoms with van der Waals surface area (Å²) in [5.74, 6) is -0.952. The van der Waals surface area contributed by atoms with Crippen LogP contribution in [-0.2, 0) is 10.0 Å². The highest BCUT2D eigenvalue weighted by molar-refractivity contribution is 7.92. The maximum Gasteiger partial charge on any atom is 0.251 e. The fourth-order valence-electron chi connectivity index (χ4n) is 2.20. The molecule has 0 saturated carbocycles. The molecule has 1 N–H and O–H groups in total. The molecule has 0 saturated heterocycles. The third-order valence-corrected chi connectivity index (χ3v) is 4.60. The predicted molar refractivity (Wildman–Crippen MR) is 92.1 cm³/mol. The summed E-state index contributed by atoms with van der Waals surface area (Å²) in [5, 5.41) is 2.60. The highest BCUT2D eigenvalue weighted by atomic mass is 32.2. The molecule has 2 rings (SSSR count). The first-order valence-electron chi connectivity index (χ1n) is 7.35. The van der Waals surface area contributed by atoms with Crippen LogP contribution in [0.15, 0.2) is 48.5 Å². The van der Waals surface area contributed by atoms with E-state index in [1.165, 1.54) is 22.5 Å². The van der Waals surface area contributed by atoms with E-state index in [9.17, 15) is 17.6 Å². The summed E-state index contributed by atoms with van der Waals surface area (Å²) in [6.45, 7) is 2.10. The quantitative estimate of drug-likeness (QED) is 0.869. The van der Waals surface area contributed by atoms with E-state index in [1.54, 1.807) is 12.1 Å². The molecule has 0 aromatic heterocycles. The van der Waals surface area contributed by atoms with Crippen LogP contribution in [0, 0.1) is 12.7 Å². The molecular weight excluding hydrogens is 331 g/mol. The fourth-order valence-corrected chi connectivity index (χ4v) is 3.13. The number of benzene rings is 2. The molecule has 0 spiro atoms. The first kappa shape index (κ1) is 17.9. The molecule has 0 bridgehead atoms. The molecule has 24 heavy (non-hydrogen) atoms. The van der Waals surface area contributed by atoms with Crippen molar-refractivity contribution in [2.45, 2.75) is 6.92 Å². The average Bonchev–Trinajstić information content (AvgIpc) is 2.51. The van der Waals surface area contributed by atoms with Crippen molar-refractivity contribution >= 4 is 21.6 Å². The van der Waals surface area contributed by atoms with Crippen LogP contribution in [0.2, 0.25) is 0 Å². The van der Waals surface area contributed by atoms with Crippen molar-refractivity contribution in [2.75, 3.05) is 23.7 Å². The van der Waals surface area contributed by atoms with Gasteiger partial charge in [0.05, 0.1) is 18.5 Å². The van der Waals surface area contributed by atoms with Crippen LogP contribution in [0.1, 0.15) is 15.9 Å². The Hall–Kier alpha value is -2.41. The molecule has 0 unspecified atom stereocenters. The number of amides is 1. The lowest BCUT2D eigenvalue weighted by molar-refractivity contribution is 0.0954. The summed E-state index contributed by atoms with van der Waals surface area (Å²) in [4.78, 5) is 12.0. The third-order valence-electron chi connectivity index (χ3n) is 3.41. The second kappa shape index (κ2) is 7.44. The van der Waals surface area contributed by atoms with Gasteiger partial charge in [0, 0.05) is 12.1 Å². The number of nitrogens with zero attached hydrogens (tertiary/aromatic N) is 1. The molecule has 0 radical (unpaired) electrons. The number of rotatable bonds is 6. The Kier molecular flexibility index (Phi) is 5.56. The molecule has 0 fully saturated rings. The minimum absolute atomic E-state index is 0.0863. The van der Waals surface area contributed by atoms with E-state index in [-0.39, 0.29) is 18.7 Å². The van der Waals surface area contributed by atoms with Crippen LogP contribution in [0.5, 0.6) is 0 Å². The number of carbonyl (C=O) groups is 1. The van der Waals surface area contributed by atoms with Gasteiger partial charge < -0.3 is 5.32 Å². The summed E-state index contributed by atoms with van der Waals surface area (Å²) >= 11 is 0. The first-order chi connectivity index (χ1) is 11.3.